The van der Waals surface area contributed by atoms with Gasteiger partial charge in [0.1, 0.15) is 49.3 Å². The van der Waals surface area contributed by atoms with Crippen molar-refractivity contribution in [2.45, 2.75) is 107 Å². The molecule has 15 heteroatoms. The van der Waals surface area contributed by atoms with E-state index in [0.29, 0.717) is 12.8 Å². The van der Waals surface area contributed by atoms with E-state index in [0.717, 1.165) is 5.56 Å². The van der Waals surface area contributed by atoms with Crippen molar-refractivity contribution in [2.24, 2.45) is 0 Å². The number of aliphatic hydroxyl groups excluding tert-OH is 7. The molecule has 0 saturated carbocycles. The summed E-state index contributed by atoms with van der Waals surface area (Å²) in [5, 5.41) is 69.5. The van der Waals surface area contributed by atoms with E-state index in [1.807, 2.05) is 30.3 Å². The maximum atomic E-state index is 13.1. The first kappa shape index (κ1) is 37.2. The Hall–Kier alpha value is -2.28. The number of ether oxygens (including phenoxy) is 5. The molecule has 0 spiro atoms. The molecule has 2 saturated heterocycles. The molecule has 3 rings (SSSR count). The molecular formula is C30H47NO14. The highest BCUT2D eigenvalue weighted by atomic mass is 16.7. The largest absolute Gasteiger partial charge is 0.461 e. The molecule has 1 aromatic rings. The lowest BCUT2D eigenvalue weighted by Crippen LogP contribution is -2.59. The quantitative estimate of drug-likeness (QED) is 0.0731. The van der Waals surface area contributed by atoms with Gasteiger partial charge in [0.15, 0.2) is 12.6 Å². The van der Waals surface area contributed by atoms with Gasteiger partial charge in [0.2, 0.25) is 5.91 Å². The number of carbonyl (C=O) groups is 2. The molecule has 15 nitrogen and oxygen atoms in total. The predicted octanol–water partition coefficient (Wildman–Crippen LogP) is -1.83. The number of amides is 1. The van der Waals surface area contributed by atoms with E-state index in [-0.39, 0.29) is 64.0 Å². The summed E-state index contributed by atoms with van der Waals surface area (Å²) in [7, 11) is 0. The van der Waals surface area contributed by atoms with Gasteiger partial charge in [-0.15, -0.1) is 0 Å². The molecule has 0 aliphatic carbocycles. The van der Waals surface area contributed by atoms with Crippen molar-refractivity contribution in [1.82, 2.24) is 4.90 Å². The summed E-state index contributed by atoms with van der Waals surface area (Å²) in [4.78, 5) is 26.7. The lowest BCUT2D eigenvalue weighted by atomic mass is 9.99. The number of aliphatic hydroxyl groups is 7. The average molecular weight is 646 g/mol. The lowest BCUT2D eigenvalue weighted by Gasteiger charge is -2.39. The summed E-state index contributed by atoms with van der Waals surface area (Å²) in [5.74, 6) is -0.604. The highest BCUT2D eigenvalue weighted by Gasteiger charge is 2.44. The van der Waals surface area contributed by atoms with Gasteiger partial charge in [-0.2, -0.15) is 0 Å². The fraction of sp³-hybridized carbons (Fsp3) is 0.733. The van der Waals surface area contributed by atoms with Crippen LogP contribution in [0, 0.1) is 0 Å². The number of esters is 1. The molecule has 256 valence electrons. The summed E-state index contributed by atoms with van der Waals surface area (Å²) >= 11 is 0. The molecule has 0 aromatic heterocycles. The zero-order valence-corrected chi connectivity index (χ0v) is 25.4. The van der Waals surface area contributed by atoms with Gasteiger partial charge in [0.25, 0.3) is 0 Å². The van der Waals surface area contributed by atoms with Crippen LogP contribution in [-0.2, 0) is 39.9 Å². The maximum absolute atomic E-state index is 13.1. The minimum atomic E-state index is -1.58. The first-order valence-electron chi connectivity index (χ1n) is 15.2. The smallest absolute Gasteiger partial charge is 0.306 e. The molecule has 2 fully saturated rings. The first-order valence-corrected chi connectivity index (χ1v) is 15.2. The second kappa shape index (κ2) is 18.8. The van der Waals surface area contributed by atoms with Gasteiger partial charge >= 0.3 is 5.97 Å². The minimum Gasteiger partial charge on any atom is -0.461 e. The topological polar surface area (TPSA) is 225 Å². The molecule has 45 heavy (non-hydrogen) atoms. The third-order valence-electron chi connectivity index (χ3n) is 7.77. The van der Waals surface area contributed by atoms with Crippen LogP contribution in [-0.4, -0.2) is 147 Å². The SMILES string of the molecule is C[C@@H]1O[C@@H](OCCN(CCCO[C@H]2O[C@H](CO)[C@@H](O)[C@H](O)[C@@H]2O)C(=O)CCCCC(=O)OCc2ccccc2)[C@@H](O)[C@H](O)[C@@H]1O. The van der Waals surface area contributed by atoms with E-state index in [1.54, 1.807) is 0 Å². The third kappa shape index (κ3) is 11.2. The molecule has 7 N–H and O–H groups in total. The van der Waals surface area contributed by atoms with Crippen molar-refractivity contribution in [3.8, 4) is 0 Å². The molecule has 1 aromatic carbocycles. The van der Waals surface area contributed by atoms with Crippen LogP contribution < -0.4 is 0 Å². The highest BCUT2D eigenvalue weighted by Crippen LogP contribution is 2.23. The van der Waals surface area contributed by atoms with Gasteiger partial charge in [-0.3, -0.25) is 9.59 Å². The summed E-state index contributed by atoms with van der Waals surface area (Å²) in [6, 6.07) is 9.28. The predicted molar refractivity (Wildman–Crippen MR) is 154 cm³/mol. The Bertz CT molecular complexity index is 1020. The molecule has 0 bridgehead atoms. The zero-order valence-electron chi connectivity index (χ0n) is 25.4. The van der Waals surface area contributed by atoms with E-state index in [1.165, 1.54) is 11.8 Å². The summed E-state index contributed by atoms with van der Waals surface area (Å²) in [6.07, 6.45) is -11.9. The molecule has 0 unspecified atom stereocenters. The van der Waals surface area contributed by atoms with Crippen LogP contribution in [0.1, 0.15) is 44.6 Å². The number of hydrogen-bond acceptors (Lipinski definition) is 14. The average Bonchev–Trinajstić information content (AvgIpc) is 3.04. The molecule has 2 aliphatic heterocycles. The van der Waals surface area contributed by atoms with Crippen LogP contribution in [0.3, 0.4) is 0 Å². The second-order valence-electron chi connectivity index (χ2n) is 11.2. The van der Waals surface area contributed by atoms with Crippen LogP contribution in [0.4, 0.5) is 0 Å². The minimum absolute atomic E-state index is 0.00731. The Kier molecular flexibility index (Phi) is 15.5. The molecule has 2 aliphatic rings. The molecule has 0 radical (unpaired) electrons. The fourth-order valence-corrected chi connectivity index (χ4v) is 4.97. The first-order chi connectivity index (χ1) is 21.5. The van der Waals surface area contributed by atoms with Crippen LogP contribution in [0.2, 0.25) is 0 Å². The zero-order chi connectivity index (χ0) is 32.9. The van der Waals surface area contributed by atoms with Crippen molar-refractivity contribution in [3.63, 3.8) is 0 Å². The van der Waals surface area contributed by atoms with Gasteiger partial charge in [-0.1, -0.05) is 30.3 Å². The Morgan fingerprint density at radius 2 is 1.38 bits per heavy atom. The van der Waals surface area contributed by atoms with Gasteiger partial charge in [-0.25, -0.2) is 0 Å². The lowest BCUT2D eigenvalue weighted by molar-refractivity contribution is -0.301. The van der Waals surface area contributed by atoms with E-state index in [9.17, 15) is 45.3 Å². The second-order valence-corrected chi connectivity index (χ2v) is 11.2. The standard InChI is InChI=1S/C30H47NO14/c1-18-23(35)25(37)27(39)29(44-18)42-15-13-31(12-7-14-41-30-28(40)26(38)24(36)20(16-32)45-30)21(33)10-5-6-11-22(34)43-17-19-8-3-2-4-9-19/h2-4,8-9,18,20,23-30,32,35-40H,5-7,10-17H2,1H3/t18-,20+,23+,24+,25+,26-,27-,28-,29+,30-/m0/s1. The van der Waals surface area contributed by atoms with E-state index in [4.69, 9.17) is 23.7 Å². The number of benzene rings is 1. The van der Waals surface area contributed by atoms with Crippen molar-refractivity contribution in [3.05, 3.63) is 35.9 Å². The van der Waals surface area contributed by atoms with Gasteiger partial charge in [0.05, 0.1) is 25.9 Å². The number of nitrogens with zero attached hydrogens (tertiary/aromatic N) is 1. The fourth-order valence-electron chi connectivity index (χ4n) is 4.97. The Labute approximate surface area is 261 Å². The van der Waals surface area contributed by atoms with Crippen molar-refractivity contribution in [1.29, 1.82) is 0 Å². The van der Waals surface area contributed by atoms with Crippen molar-refractivity contribution >= 4 is 11.9 Å². The Balaban J connectivity index is 1.46. The molecule has 10 atom stereocenters. The summed E-state index contributed by atoms with van der Waals surface area (Å²) < 4.78 is 27.2. The number of rotatable bonds is 17. The van der Waals surface area contributed by atoms with Crippen LogP contribution in [0.15, 0.2) is 30.3 Å². The molecular weight excluding hydrogens is 598 g/mol. The third-order valence-corrected chi connectivity index (χ3v) is 7.77. The van der Waals surface area contributed by atoms with Crippen molar-refractivity contribution in [2.75, 3.05) is 32.9 Å². The normalized spacial score (nSPS) is 31.8. The Morgan fingerprint density at radius 1 is 0.756 bits per heavy atom. The number of carbonyl (C=O) groups excluding carboxylic acids is 2. The van der Waals surface area contributed by atoms with Gasteiger partial charge in [0, 0.05) is 25.9 Å². The van der Waals surface area contributed by atoms with Gasteiger partial charge < -0.3 is 64.3 Å². The maximum Gasteiger partial charge on any atom is 0.306 e. The van der Waals surface area contributed by atoms with Gasteiger partial charge in [-0.05, 0) is 31.7 Å². The van der Waals surface area contributed by atoms with Crippen LogP contribution >= 0.6 is 0 Å². The number of unbranched alkanes of at least 4 members (excludes halogenated alkanes) is 1. The van der Waals surface area contributed by atoms with E-state index in [2.05, 4.69) is 0 Å². The summed E-state index contributed by atoms with van der Waals surface area (Å²) in [5.41, 5.74) is 0.876. The Morgan fingerprint density at radius 3 is 2.07 bits per heavy atom. The monoisotopic (exact) mass is 645 g/mol. The van der Waals surface area contributed by atoms with E-state index < -0.39 is 68.0 Å². The molecule has 2 heterocycles. The molecule has 1 amide bonds. The highest BCUT2D eigenvalue weighted by molar-refractivity contribution is 5.76. The van der Waals surface area contributed by atoms with Crippen molar-refractivity contribution < 1.29 is 69.0 Å². The van der Waals surface area contributed by atoms with Crippen LogP contribution in [0.5, 0.6) is 0 Å². The number of hydrogen-bond donors (Lipinski definition) is 7. The van der Waals surface area contributed by atoms with Crippen LogP contribution in [0.25, 0.3) is 0 Å². The van der Waals surface area contributed by atoms with E-state index >= 15 is 0 Å². The summed E-state index contributed by atoms with van der Waals surface area (Å²) in [6.45, 7) is 1.30.